The minimum atomic E-state index is -0.118. The van der Waals surface area contributed by atoms with E-state index in [1.54, 1.807) is 6.07 Å². The number of allylic oxidation sites excluding steroid dienone is 1. The molecule has 150 valence electrons. The van der Waals surface area contributed by atoms with Crippen molar-refractivity contribution in [2.24, 2.45) is 0 Å². The zero-order chi connectivity index (χ0) is 19.8. The number of aromatic amines is 1. The summed E-state index contributed by atoms with van der Waals surface area (Å²) >= 11 is 1.92. The van der Waals surface area contributed by atoms with E-state index in [0.717, 1.165) is 53.6 Å². The number of thioether (sulfide) groups is 1. The number of nitrogens with zero attached hydrogens (tertiary/aromatic N) is 3. The number of hydrogen-bond donors (Lipinski definition) is 1. The van der Waals surface area contributed by atoms with E-state index in [4.69, 9.17) is 0 Å². The van der Waals surface area contributed by atoms with Crippen LogP contribution in [0.25, 0.3) is 22.0 Å². The van der Waals surface area contributed by atoms with Gasteiger partial charge < -0.3 is 4.90 Å². The summed E-state index contributed by atoms with van der Waals surface area (Å²) in [4.78, 5) is 4.87. The molecule has 1 unspecified atom stereocenters. The number of H-pyrrole nitrogens is 1. The van der Waals surface area contributed by atoms with Crippen LogP contribution in [0.4, 0.5) is 4.39 Å². The molecule has 2 aliphatic rings. The first kappa shape index (κ1) is 18.9. The molecule has 4 nitrogen and oxygen atoms in total. The van der Waals surface area contributed by atoms with Crippen LogP contribution in [0.1, 0.15) is 12.0 Å². The van der Waals surface area contributed by atoms with Crippen molar-refractivity contribution < 1.29 is 4.39 Å². The number of likely N-dealkylation sites (N-methyl/N-ethyl adjacent to an activating group) is 1. The molecule has 1 fully saturated rings. The Labute approximate surface area is 174 Å². The van der Waals surface area contributed by atoms with E-state index in [0.29, 0.717) is 17.8 Å². The van der Waals surface area contributed by atoms with Crippen LogP contribution in [0, 0.1) is 5.82 Å². The van der Waals surface area contributed by atoms with Gasteiger partial charge in [-0.05, 0) is 54.3 Å². The van der Waals surface area contributed by atoms with Gasteiger partial charge in [0.15, 0.2) is 0 Å². The number of fused-ring (bicyclic) bond motifs is 1. The number of aromatic nitrogens is 2. The Hall–Kier alpha value is -2.15. The first-order valence-corrected chi connectivity index (χ1v) is 11.1. The second kappa shape index (κ2) is 7.94. The summed E-state index contributed by atoms with van der Waals surface area (Å²) in [5.74, 6) is -0.118. The van der Waals surface area contributed by atoms with Crippen LogP contribution in [0.5, 0.6) is 0 Å². The molecule has 0 radical (unpaired) electrons. The summed E-state index contributed by atoms with van der Waals surface area (Å²) in [5, 5.41) is 10.9. The van der Waals surface area contributed by atoms with Crippen molar-refractivity contribution in [1.29, 1.82) is 0 Å². The maximum absolute atomic E-state index is 14.8. The third-order valence-corrected chi connectivity index (χ3v) is 7.28. The van der Waals surface area contributed by atoms with Crippen LogP contribution in [0.2, 0.25) is 0 Å². The van der Waals surface area contributed by atoms with Crippen LogP contribution < -0.4 is 0 Å². The number of piperazine rings is 1. The number of nitrogens with one attached hydrogen (secondary N) is 1. The monoisotopic (exact) mass is 408 g/mol. The average molecular weight is 409 g/mol. The topological polar surface area (TPSA) is 35.2 Å². The van der Waals surface area contributed by atoms with Crippen LogP contribution in [0.3, 0.4) is 0 Å². The van der Waals surface area contributed by atoms with E-state index in [-0.39, 0.29) is 5.82 Å². The molecule has 5 rings (SSSR count). The Kier molecular flexibility index (Phi) is 5.16. The lowest BCUT2D eigenvalue weighted by atomic mass is 10.00. The fourth-order valence-corrected chi connectivity index (χ4v) is 5.49. The summed E-state index contributed by atoms with van der Waals surface area (Å²) in [5.41, 5.74) is 3.93. The van der Waals surface area contributed by atoms with E-state index in [1.807, 2.05) is 36.2 Å². The number of hydrogen-bond acceptors (Lipinski definition) is 4. The summed E-state index contributed by atoms with van der Waals surface area (Å²) in [6.07, 6.45) is 5.19. The van der Waals surface area contributed by atoms with Gasteiger partial charge in [0.25, 0.3) is 0 Å². The molecule has 29 heavy (non-hydrogen) atoms. The van der Waals surface area contributed by atoms with Gasteiger partial charge in [-0.2, -0.15) is 5.10 Å². The van der Waals surface area contributed by atoms with Crippen molar-refractivity contribution in [3.63, 3.8) is 0 Å². The first-order chi connectivity index (χ1) is 14.2. The smallest absolute Gasteiger partial charge is 0.127 e. The van der Waals surface area contributed by atoms with Gasteiger partial charge in [-0.1, -0.05) is 18.2 Å². The second-order valence-corrected chi connectivity index (χ2v) is 9.21. The normalized spacial score (nSPS) is 23.2. The van der Waals surface area contributed by atoms with Crippen LogP contribution in [-0.2, 0) is 6.54 Å². The lowest BCUT2D eigenvalue weighted by Gasteiger charge is -2.42. The second-order valence-electron chi connectivity index (χ2n) is 8.06. The highest BCUT2D eigenvalue weighted by Crippen LogP contribution is 2.32. The quantitative estimate of drug-likeness (QED) is 0.689. The standard InChI is InChI=1S/C23H25FN4S/c1-27-8-9-28(22(15-27)23-3-2-10-29-23)14-19-12-16(4-6-20(19)24)17-5-7-21-18(11-17)13-25-26-21/h2,4-7,10-13,22-23H,3,8-9,14-15H2,1H3,(H,25,26)/t22-,23?/m0/s1. The number of rotatable bonds is 4. The Morgan fingerprint density at radius 2 is 2.03 bits per heavy atom. The summed E-state index contributed by atoms with van der Waals surface area (Å²) < 4.78 is 14.8. The molecular weight excluding hydrogens is 383 g/mol. The summed E-state index contributed by atoms with van der Waals surface area (Å²) in [6, 6.07) is 12.2. The van der Waals surface area contributed by atoms with Crippen molar-refractivity contribution in [2.75, 3.05) is 26.7 Å². The van der Waals surface area contributed by atoms with Crippen molar-refractivity contribution in [2.45, 2.75) is 24.3 Å². The molecule has 3 aromatic rings. The largest absolute Gasteiger partial charge is 0.303 e. The average Bonchev–Trinajstić information content (AvgIpc) is 3.42. The van der Waals surface area contributed by atoms with Gasteiger partial charge in [0.05, 0.1) is 11.7 Å². The molecule has 0 amide bonds. The highest BCUT2D eigenvalue weighted by atomic mass is 32.2. The fraction of sp³-hybridized carbons (Fsp3) is 0.348. The highest BCUT2D eigenvalue weighted by molar-refractivity contribution is 8.03. The molecule has 2 aromatic carbocycles. The minimum absolute atomic E-state index is 0.118. The molecule has 2 atom stereocenters. The van der Waals surface area contributed by atoms with E-state index in [2.05, 4.69) is 50.7 Å². The zero-order valence-electron chi connectivity index (χ0n) is 16.5. The Morgan fingerprint density at radius 3 is 2.90 bits per heavy atom. The molecule has 0 aliphatic carbocycles. The lowest BCUT2D eigenvalue weighted by Crippen LogP contribution is -2.55. The van der Waals surface area contributed by atoms with Gasteiger partial charge >= 0.3 is 0 Å². The maximum atomic E-state index is 14.8. The zero-order valence-corrected chi connectivity index (χ0v) is 17.3. The molecule has 1 saturated heterocycles. The van der Waals surface area contributed by atoms with Crippen molar-refractivity contribution in [3.05, 3.63) is 65.5 Å². The third-order valence-electron chi connectivity index (χ3n) is 6.08. The van der Waals surface area contributed by atoms with Crippen LogP contribution >= 0.6 is 11.8 Å². The highest BCUT2D eigenvalue weighted by Gasteiger charge is 2.33. The molecule has 0 spiro atoms. The van der Waals surface area contributed by atoms with Crippen molar-refractivity contribution in [1.82, 2.24) is 20.0 Å². The molecule has 0 saturated carbocycles. The van der Waals surface area contributed by atoms with Crippen molar-refractivity contribution in [3.8, 4) is 11.1 Å². The molecule has 3 heterocycles. The van der Waals surface area contributed by atoms with Gasteiger partial charge in [-0.3, -0.25) is 10.00 Å². The van der Waals surface area contributed by atoms with E-state index < -0.39 is 0 Å². The number of benzene rings is 2. The fourth-order valence-electron chi connectivity index (χ4n) is 4.41. The maximum Gasteiger partial charge on any atom is 0.127 e. The minimum Gasteiger partial charge on any atom is -0.303 e. The Bertz CT molecular complexity index is 1040. The molecular formula is C23H25FN4S. The van der Waals surface area contributed by atoms with Gasteiger partial charge in [0, 0.05) is 48.4 Å². The first-order valence-electron chi connectivity index (χ1n) is 10.1. The molecule has 6 heteroatoms. The Balaban J connectivity index is 1.42. The summed E-state index contributed by atoms with van der Waals surface area (Å²) in [7, 11) is 2.19. The van der Waals surface area contributed by atoms with Gasteiger partial charge in [0.1, 0.15) is 5.82 Å². The summed E-state index contributed by atoms with van der Waals surface area (Å²) in [6.45, 7) is 3.70. The van der Waals surface area contributed by atoms with Gasteiger partial charge in [0.2, 0.25) is 0 Å². The van der Waals surface area contributed by atoms with E-state index >= 15 is 0 Å². The van der Waals surface area contributed by atoms with Crippen LogP contribution in [0.15, 0.2) is 54.1 Å². The predicted octanol–water partition coefficient (Wildman–Crippen LogP) is 4.50. The van der Waals surface area contributed by atoms with Crippen LogP contribution in [-0.4, -0.2) is 58.0 Å². The molecule has 1 N–H and O–H groups in total. The molecule has 2 aliphatic heterocycles. The van der Waals surface area contributed by atoms with Gasteiger partial charge in [-0.15, -0.1) is 11.8 Å². The lowest BCUT2D eigenvalue weighted by molar-refractivity contribution is 0.0817. The molecule has 1 aromatic heterocycles. The third kappa shape index (κ3) is 3.84. The van der Waals surface area contributed by atoms with Gasteiger partial charge in [-0.25, -0.2) is 4.39 Å². The Morgan fingerprint density at radius 1 is 1.17 bits per heavy atom. The number of halogens is 1. The SMILES string of the molecule is CN1CCN(Cc2cc(-c3ccc4[nH]ncc4c3)ccc2F)[C@H](C2CC=CS2)C1. The van der Waals surface area contributed by atoms with E-state index in [9.17, 15) is 4.39 Å². The van der Waals surface area contributed by atoms with Crippen molar-refractivity contribution >= 4 is 22.7 Å². The predicted molar refractivity (Wildman–Crippen MR) is 118 cm³/mol. The molecule has 0 bridgehead atoms. The van der Waals surface area contributed by atoms with E-state index in [1.165, 1.54) is 0 Å².